The Morgan fingerprint density at radius 1 is 0.923 bits per heavy atom. The first-order valence-electron chi connectivity index (χ1n) is 13.9. The van der Waals surface area contributed by atoms with E-state index in [9.17, 15) is 30.6 Å². The van der Waals surface area contributed by atoms with Crippen LogP contribution in [0.4, 0.5) is 0 Å². The number of rotatable bonds is 2. The zero-order valence-corrected chi connectivity index (χ0v) is 23.0. The van der Waals surface area contributed by atoms with Crippen LogP contribution in [0.2, 0.25) is 0 Å². The predicted molar refractivity (Wildman–Crippen MR) is 137 cm³/mol. The van der Waals surface area contributed by atoms with Crippen LogP contribution < -0.4 is 0 Å². The highest BCUT2D eigenvalue weighted by atomic mass is 16.5. The van der Waals surface area contributed by atoms with Gasteiger partial charge in [-0.05, 0) is 72.7 Å². The molecule has 0 aliphatic heterocycles. The molecule has 0 aromatic carbocycles. The number of allylic oxidation sites excluding steroid dienone is 3. The van der Waals surface area contributed by atoms with Gasteiger partial charge in [-0.25, -0.2) is 0 Å². The quantitative estimate of drug-likeness (QED) is 0.343. The number of carbonyl (C=O) groups excluding carboxylic acids is 2. The van der Waals surface area contributed by atoms with Gasteiger partial charge in [0.05, 0.1) is 24.3 Å². The van der Waals surface area contributed by atoms with Crippen molar-refractivity contribution < 1.29 is 19.1 Å². The monoisotopic (exact) mass is 526 g/mol. The molecular formula is C31H34N4O4. The van der Waals surface area contributed by atoms with Crippen LogP contribution in [0, 0.1) is 90.7 Å². The van der Waals surface area contributed by atoms with Crippen molar-refractivity contribution in [1.82, 2.24) is 0 Å². The molecule has 0 radical (unpaired) electrons. The molecule has 7 atom stereocenters. The number of nitriles is 4. The van der Waals surface area contributed by atoms with Gasteiger partial charge in [0, 0.05) is 32.6 Å². The molecule has 0 saturated heterocycles. The van der Waals surface area contributed by atoms with Crippen LogP contribution in [-0.2, 0) is 19.1 Å². The van der Waals surface area contributed by atoms with Gasteiger partial charge >= 0.3 is 11.9 Å². The highest BCUT2D eigenvalue weighted by Gasteiger charge is 2.71. The second-order valence-corrected chi connectivity index (χ2v) is 12.7. The summed E-state index contributed by atoms with van der Waals surface area (Å²) in [6, 6.07) is 8.31. The zero-order valence-electron chi connectivity index (χ0n) is 23.0. The molecule has 8 heteroatoms. The molecule has 202 valence electrons. The molecular weight excluding hydrogens is 492 g/mol. The van der Waals surface area contributed by atoms with Gasteiger partial charge in [-0.3, -0.25) is 9.59 Å². The standard InChI is InChI=1S/C31H34N4O4/c1-18(36)38-21-7-9-28(3)20(11-21)5-6-22-23(28)8-10-29(4)24(22)12-25-27(29)26(39-19(2)37)13-30(14-32,15-33)31(25,16-34)17-35/h5,21-25H,6-13H2,1-4H3/t21-,22-,23+,24+,25+,28+,29+/m1/s1. The second-order valence-electron chi connectivity index (χ2n) is 12.7. The summed E-state index contributed by atoms with van der Waals surface area (Å²) in [6.07, 6.45) is 7.59. The molecule has 0 aromatic heterocycles. The molecule has 0 aromatic rings. The fourth-order valence-electron chi connectivity index (χ4n) is 9.42. The normalized spacial score (nSPS) is 39.0. The largest absolute Gasteiger partial charge is 0.462 e. The van der Waals surface area contributed by atoms with E-state index >= 15 is 0 Å². The third-order valence-corrected chi connectivity index (χ3v) is 11.2. The minimum atomic E-state index is -1.93. The first kappa shape index (κ1) is 27.0. The van der Waals surface area contributed by atoms with E-state index in [1.54, 1.807) is 0 Å². The van der Waals surface area contributed by atoms with Crippen molar-refractivity contribution in [2.24, 2.45) is 45.3 Å². The molecule has 39 heavy (non-hydrogen) atoms. The summed E-state index contributed by atoms with van der Waals surface area (Å²) in [7, 11) is 0. The molecule has 0 bridgehead atoms. The summed E-state index contributed by atoms with van der Waals surface area (Å²) in [4.78, 5) is 23.8. The molecule has 3 fully saturated rings. The van der Waals surface area contributed by atoms with Gasteiger partial charge in [-0.2, -0.15) is 21.0 Å². The van der Waals surface area contributed by atoms with Crippen molar-refractivity contribution in [2.75, 3.05) is 0 Å². The maximum Gasteiger partial charge on any atom is 0.307 e. The van der Waals surface area contributed by atoms with Crippen molar-refractivity contribution in [3.63, 3.8) is 0 Å². The van der Waals surface area contributed by atoms with E-state index in [0.29, 0.717) is 18.1 Å². The Kier molecular flexibility index (Phi) is 6.20. The van der Waals surface area contributed by atoms with Gasteiger partial charge in [0.15, 0.2) is 10.8 Å². The smallest absolute Gasteiger partial charge is 0.307 e. The Hall–Kier alpha value is -3.62. The number of nitrogens with zero attached hydrogens (tertiary/aromatic N) is 4. The summed E-state index contributed by atoms with van der Waals surface area (Å²) in [6.45, 7) is 7.25. The minimum absolute atomic E-state index is 0.0215. The zero-order chi connectivity index (χ0) is 28.4. The average Bonchev–Trinajstić information content (AvgIpc) is 3.22. The lowest BCUT2D eigenvalue weighted by atomic mass is 9.47. The van der Waals surface area contributed by atoms with E-state index in [0.717, 1.165) is 44.1 Å². The van der Waals surface area contributed by atoms with E-state index in [2.05, 4.69) is 32.1 Å². The maximum absolute atomic E-state index is 12.2. The van der Waals surface area contributed by atoms with Crippen LogP contribution in [0.1, 0.15) is 79.1 Å². The van der Waals surface area contributed by atoms with Crippen LogP contribution >= 0.6 is 0 Å². The molecule has 0 N–H and O–H groups in total. The van der Waals surface area contributed by atoms with Crippen molar-refractivity contribution in [1.29, 1.82) is 21.0 Å². The molecule has 5 aliphatic carbocycles. The number of esters is 2. The Bertz CT molecular complexity index is 1340. The van der Waals surface area contributed by atoms with Gasteiger partial charge in [-0.1, -0.05) is 25.5 Å². The van der Waals surface area contributed by atoms with E-state index < -0.39 is 28.1 Å². The lowest BCUT2D eigenvalue weighted by molar-refractivity contribution is -0.148. The molecule has 0 amide bonds. The van der Waals surface area contributed by atoms with Gasteiger partial charge in [0.2, 0.25) is 0 Å². The van der Waals surface area contributed by atoms with Crippen molar-refractivity contribution >= 4 is 11.9 Å². The van der Waals surface area contributed by atoms with E-state index in [-0.39, 0.29) is 35.7 Å². The third-order valence-electron chi connectivity index (χ3n) is 11.2. The highest BCUT2D eigenvalue weighted by molar-refractivity contribution is 5.68. The van der Waals surface area contributed by atoms with Crippen molar-refractivity contribution in [2.45, 2.75) is 85.2 Å². The van der Waals surface area contributed by atoms with Gasteiger partial charge in [-0.15, -0.1) is 0 Å². The number of fused-ring (bicyclic) bond motifs is 7. The molecule has 0 heterocycles. The van der Waals surface area contributed by atoms with Crippen molar-refractivity contribution in [3.05, 3.63) is 23.0 Å². The van der Waals surface area contributed by atoms with Crippen LogP contribution in [0.3, 0.4) is 0 Å². The minimum Gasteiger partial charge on any atom is -0.462 e. The molecule has 0 spiro atoms. The van der Waals surface area contributed by atoms with E-state index in [1.807, 2.05) is 12.1 Å². The Balaban J connectivity index is 1.60. The molecule has 8 nitrogen and oxygen atoms in total. The Morgan fingerprint density at radius 2 is 1.59 bits per heavy atom. The fourth-order valence-corrected chi connectivity index (χ4v) is 9.42. The molecule has 0 unspecified atom stereocenters. The maximum atomic E-state index is 12.2. The fraction of sp³-hybridized carbons (Fsp3) is 0.677. The lowest BCUT2D eigenvalue weighted by Gasteiger charge is -2.57. The van der Waals surface area contributed by atoms with E-state index in [1.165, 1.54) is 19.4 Å². The summed E-state index contributed by atoms with van der Waals surface area (Å²) in [5.41, 5.74) is -2.07. The first-order chi connectivity index (χ1) is 18.4. The second kappa shape index (κ2) is 8.96. The van der Waals surface area contributed by atoms with E-state index in [4.69, 9.17) is 9.47 Å². The number of carbonyl (C=O) groups is 2. The number of hydrogen-bond donors (Lipinski definition) is 0. The molecule has 5 aliphatic rings. The number of ether oxygens (including phenoxy) is 2. The highest BCUT2D eigenvalue weighted by Crippen LogP contribution is 2.72. The van der Waals surface area contributed by atoms with Crippen LogP contribution in [0.15, 0.2) is 23.0 Å². The summed E-state index contributed by atoms with van der Waals surface area (Å²) in [5.74, 6) is -0.361. The Morgan fingerprint density at radius 3 is 2.18 bits per heavy atom. The van der Waals surface area contributed by atoms with Gasteiger partial charge in [0.1, 0.15) is 11.9 Å². The van der Waals surface area contributed by atoms with Crippen LogP contribution in [-0.4, -0.2) is 18.0 Å². The molecule has 5 rings (SSSR count). The average molecular weight is 527 g/mol. The lowest BCUT2D eigenvalue weighted by Crippen LogP contribution is -2.50. The molecule has 3 saturated carbocycles. The topological polar surface area (TPSA) is 148 Å². The van der Waals surface area contributed by atoms with Gasteiger partial charge in [0.25, 0.3) is 0 Å². The first-order valence-corrected chi connectivity index (χ1v) is 13.9. The number of hydrogen-bond acceptors (Lipinski definition) is 8. The summed E-state index contributed by atoms with van der Waals surface area (Å²) < 4.78 is 11.3. The SMILES string of the molecule is CC(=O)OC1=C2[C@H](C[C@H]3[C@@H]4CC=C5C[C@H](OC(C)=O)CC[C@]5(C)[C@H]4CC[C@]23C)C(C#N)(C#N)C(C#N)(C#N)C1. The Labute approximate surface area is 229 Å². The van der Waals surface area contributed by atoms with Crippen LogP contribution in [0.25, 0.3) is 0 Å². The predicted octanol–water partition coefficient (Wildman–Crippen LogP) is 5.40. The third kappa shape index (κ3) is 3.51. The van der Waals surface area contributed by atoms with Crippen LogP contribution in [0.5, 0.6) is 0 Å². The summed E-state index contributed by atoms with van der Waals surface area (Å²) in [5, 5.41) is 41.2. The summed E-state index contributed by atoms with van der Waals surface area (Å²) >= 11 is 0. The van der Waals surface area contributed by atoms with Gasteiger partial charge < -0.3 is 9.47 Å². The van der Waals surface area contributed by atoms with Crippen molar-refractivity contribution in [3.8, 4) is 24.3 Å².